The molecule has 0 aromatic heterocycles. The van der Waals surface area contributed by atoms with Crippen molar-refractivity contribution in [3.8, 4) is 0 Å². The molecule has 178 valence electrons. The summed E-state index contributed by atoms with van der Waals surface area (Å²) in [5, 5.41) is 40.9. The molecule has 5 atom stereocenters. The molecule has 8 nitrogen and oxygen atoms in total. The van der Waals surface area contributed by atoms with Crippen LogP contribution in [-0.4, -0.2) is 101 Å². The lowest BCUT2D eigenvalue weighted by molar-refractivity contribution is -0.328. The van der Waals surface area contributed by atoms with Crippen molar-refractivity contribution in [2.24, 2.45) is 0 Å². The van der Waals surface area contributed by atoms with Gasteiger partial charge < -0.3 is 30.1 Å². The standard InChI is InChI=1S/C21H34Cl2N2O6/c1-30-25(21-20(29)19(28)18(27)17(14-26)31-21)11-3-2-4-15-5-7-16(8-6-15)24(12-9-22)13-10-23/h5-8,17-21,26-29H,2-4,9-14H2,1H3/t17-,18+,19+,20-,21?/m0/s1. The summed E-state index contributed by atoms with van der Waals surface area (Å²) >= 11 is 11.7. The van der Waals surface area contributed by atoms with Crippen LogP contribution in [0.3, 0.4) is 0 Å². The van der Waals surface area contributed by atoms with Gasteiger partial charge in [0, 0.05) is 37.1 Å². The lowest BCUT2D eigenvalue weighted by Crippen LogP contribution is -2.63. The number of aryl methyl sites for hydroxylation is 1. The van der Waals surface area contributed by atoms with E-state index in [9.17, 15) is 20.4 Å². The highest BCUT2D eigenvalue weighted by atomic mass is 35.5. The van der Waals surface area contributed by atoms with Crippen molar-refractivity contribution in [3.05, 3.63) is 29.8 Å². The van der Waals surface area contributed by atoms with Crippen molar-refractivity contribution in [3.63, 3.8) is 0 Å². The van der Waals surface area contributed by atoms with Crippen molar-refractivity contribution in [2.45, 2.75) is 49.9 Å². The molecule has 1 heterocycles. The third kappa shape index (κ3) is 7.42. The third-order valence-corrected chi connectivity index (χ3v) is 5.83. The van der Waals surface area contributed by atoms with E-state index in [1.165, 1.54) is 17.7 Å². The number of aliphatic hydroxyl groups excluding tert-OH is 4. The van der Waals surface area contributed by atoms with Crippen LogP contribution in [0.4, 0.5) is 5.69 Å². The van der Waals surface area contributed by atoms with Crippen LogP contribution in [0.25, 0.3) is 0 Å². The van der Waals surface area contributed by atoms with Gasteiger partial charge in [-0.1, -0.05) is 12.1 Å². The number of rotatable bonds is 13. The molecule has 1 aliphatic heterocycles. The van der Waals surface area contributed by atoms with Crippen LogP contribution in [0.2, 0.25) is 0 Å². The summed E-state index contributed by atoms with van der Waals surface area (Å²) in [4.78, 5) is 7.48. The smallest absolute Gasteiger partial charge is 0.162 e. The normalized spacial score (nSPS) is 26.4. The van der Waals surface area contributed by atoms with Gasteiger partial charge in [0.15, 0.2) is 6.23 Å². The van der Waals surface area contributed by atoms with Gasteiger partial charge in [0.1, 0.15) is 24.4 Å². The summed E-state index contributed by atoms with van der Waals surface area (Å²) in [5.41, 5.74) is 2.30. The average molecular weight is 481 g/mol. The quantitative estimate of drug-likeness (QED) is 0.188. The van der Waals surface area contributed by atoms with Crippen molar-refractivity contribution in [2.75, 3.05) is 50.0 Å². The van der Waals surface area contributed by atoms with Gasteiger partial charge in [-0.3, -0.25) is 4.84 Å². The molecule has 4 N–H and O–H groups in total. The summed E-state index contributed by atoms with van der Waals surface area (Å²) in [6, 6.07) is 8.33. The summed E-state index contributed by atoms with van der Waals surface area (Å²) in [5.74, 6) is 1.09. The number of hydrogen-bond acceptors (Lipinski definition) is 8. The zero-order chi connectivity index (χ0) is 22.8. The minimum atomic E-state index is -1.43. The first-order chi connectivity index (χ1) is 15.0. The molecule has 1 unspecified atom stereocenters. The first-order valence-electron chi connectivity index (χ1n) is 10.5. The van der Waals surface area contributed by atoms with E-state index in [1.54, 1.807) is 0 Å². The number of halogens is 2. The minimum Gasteiger partial charge on any atom is -0.394 e. The van der Waals surface area contributed by atoms with E-state index in [2.05, 4.69) is 29.2 Å². The fourth-order valence-corrected chi connectivity index (χ4v) is 4.09. The van der Waals surface area contributed by atoms with Gasteiger partial charge in [-0.05, 0) is 37.0 Å². The molecular weight excluding hydrogens is 447 g/mol. The summed E-state index contributed by atoms with van der Waals surface area (Å²) in [7, 11) is 1.45. The van der Waals surface area contributed by atoms with Crippen LogP contribution in [-0.2, 0) is 16.0 Å². The Bertz CT molecular complexity index is 618. The Labute approximate surface area is 193 Å². The first kappa shape index (κ1) is 26.6. The second kappa shape index (κ2) is 13.8. The molecule has 0 radical (unpaired) electrons. The topological polar surface area (TPSA) is 106 Å². The van der Waals surface area contributed by atoms with Crippen LogP contribution in [0.5, 0.6) is 0 Å². The number of alkyl halides is 2. The van der Waals surface area contributed by atoms with Gasteiger partial charge in [0.2, 0.25) is 0 Å². The first-order valence-corrected chi connectivity index (χ1v) is 11.6. The molecule has 0 saturated carbocycles. The second-order valence-electron chi connectivity index (χ2n) is 7.53. The van der Waals surface area contributed by atoms with E-state index in [0.717, 1.165) is 38.0 Å². The van der Waals surface area contributed by atoms with Crippen molar-refractivity contribution < 1.29 is 30.0 Å². The summed E-state index contributed by atoms with van der Waals surface area (Å²) < 4.78 is 5.54. The number of ether oxygens (including phenoxy) is 1. The zero-order valence-corrected chi connectivity index (χ0v) is 19.3. The number of nitrogens with zero attached hydrogens (tertiary/aromatic N) is 2. The van der Waals surface area contributed by atoms with E-state index in [0.29, 0.717) is 18.3 Å². The Kier molecular flexibility index (Phi) is 11.8. The van der Waals surface area contributed by atoms with E-state index in [1.807, 2.05) is 0 Å². The predicted molar refractivity (Wildman–Crippen MR) is 121 cm³/mol. The fourth-order valence-electron chi connectivity index (χ4n) is 3.69. The molecule has 1 aromatic rings. The maximum atomic E-state index is 10.2. The molecule has 1 saturated heterocycles. The molecule has 0 amide bonds. The van der Waals surface area contributed by atoms with Crippen LogP contribution < -0.4 is 4.90 Å². The zero-order valence-electron chi connectivity index (χ0n) is 17.8. The Morgan fingerprint density at radius 3 is 2.13 bits per heavy atom. The van der Waals surface area contributed by atoms with E-state index < -0.39 is 37.3 Å². The molecule has 1 aromatic carbocycles. The highest BCUT2D eigenvalue weighted by Gasteiger charge is 2.45. The van der Waals surface area contributed by atoms with Gasteiger partial charge >= 0.3 is 0 Å². The highest BCUT2D eigenvalue weighted by molar-refractivity contribution is 6.18. The van der Waals surface area contributed by atoms with E-state index in [4.69, 9.17) is 32.8 Å². The lowest BCUT2D eigenvalue weighted by Gasteiger charge is -2.43. The molecule has 0 aliphatic carbocycles. The Morgan fingerprint density at radius 2 is 1.58 bits per heavy atom. The molecular formula is C21H34Cl2N2O6. The molecule has 31 heavy (non-hydrogen) atoms. The third-order valence-electron chi connectivity index (χ3n) is 5.49. The van der Waals surface area contributed by atoms with Crippen LogP contribution in [0, 0.1) is 0 Å². The second-order valence-corrected chi connectivity index (χ2v) is 8.29. The number of anilines is 1. The van der Waals surface area contributed by atoms with Crippen molar-refractivity contribution >= 4 is 28.9 Å². The number of hydroxylamine groups is 2. The van der Waals surface area contributed by atoms with Crippen molar-refractivity contribution in [1.29, 1.82) is 0 Å². The lowest BCUT2D eigenvalue weighted by atomic mass is 9.98. The van der Waals surface area contributed by atoms with Crippen LogP contribution in [0.1, 0.15) is 18.4 Å². The van der Waals surface area contributed by atoms with E-state index in [-0.39, 0.29) is 0 Å². The van der Waals surface area contributed by atoms with Gasteiger partial charge in [-0.25, -0.2) is 0 Å². The summed E-state index contributed by atoms with van der Waals surface area (Å²) in [6.45, 7) is 1.48. The molecule has 0 bridgehead atoms. The number of benzene rings is 1. The Hall–Kier alpha value is -0.680. The van der Waals surface area contributed by atoms with Crippen molar-refractivity contribution in [1.82, 2.24) is 5.06 Å². The number of hydrogen-bond donors (Lipinski definition) is 4. The predicted octanol–water partition coefficient (Wildman–Crippen LogP) is 0.957. The highest BCUT2D eigenvalue weighted by Crippen LogP contribution is 2.24. The van der Waals surface area contributed by atoms with Gasteiger partial charge in [-0.15, -0.1) is 23.2 Å². The van der Waals surface area contributed by atoms with Crippen LogP contribution in [0.15, 0.2) is 24.3 Å². The number of aliphatic hydroxyl groups is 4. The Morgan fingerprint density at radius 1 is 0.935 bits per heavy atom. The van der Waals surface area contributed by atoms with Gasteiger partial charge in [0.05, 0.1) is 13.7 Å². The number of unbranched alkanes of at least 4 members (excludes halogenated alkanes) is 1. The average Bonchev–Trinajstić information content (AvgIpc) is 2.79. The molecule has 0 spiro atoms. The molecule has 1 aliphatic rings. The monoisotopic (exact) mass is 480 g/mol. The molecule has 2 rings (SSSR count). The van der Waals surface area contributed by atoms with Gasteiger partial charge in [0.25, 0.3) is 0 Å². The SMILES string of the molecule is CON(CCCCc1ccc(N(CCCl)CCCl)cc1)C1O[C@@H](CO)[C@@H](O)[C@@H](O)[C@@H]1O. The van der Waals surface area contributed by atoms with Crippen LogP contribution >= 0.6 is 23.2 Å². The Balaban J connectivity index is 1.84. The van der Waals surface area contributed by atoms with Gasteiger partial charge in [-0.2, -0.15) is 5.06 Å². The van der Waals surface area contributed by atoms with E-state index >= 15 is 0 Å². The fraction of sp³-hybridized carbons (Fsp3) is 0.714. The minimum absolute atomic E-state index is 0.455. The largest absolute Gasteiger partial charge is 0.394 e. The maximum Gasteiger partial charge on any atom is 0.162 e. The summed E-state index contributed by atoms with van der Waals surface area (Å²) in [6.07, 6.45) is -3.59. The molecule has 1 fully saturated rings. The maximum absolute atomic E-state index is 10.2. The molecule has 10 heteroatoms.